The lowest BCUT2D eigenvalue weighted by atomic mass is 10.1. The number of ether oxygens (including phenoxy) is 2. The van der Waals surface area contributed by atoms with Crippen molar-refractivity contribution >= 4 is 23.2 Å². The predicted octanol–water partition coefficient (Wildman–Crippen LogP) is 3.55. The molecule has 0 bridgehead atoms. The van der Waals surface area contributed by atoms with Gasteiger partial charge in [0.1, 0.15) is 11.5 Å². The number of hydrogen-bond donors (Lipinski definition) is 2. The van der Waals surface area contributed by atoms with Crippen LogP contribution in [0.3, 0.4) is 0 Å². The van der Waals surface area contributed by atoms with Crippen LogP contribution >= 0.6 is 0 Å². The highest BCUT2D eigenvalue weighted by Gasteiger charge is 2.14. The van der Waals surface area contributed by atoms with Crippen LogP contribution in [0.5, 0.6) is 11.5 Å². The maximum atomic E-state index is 12.5. The molecular formula is C19H22N2O4. The zero-order chi connectivity index (χ0) is 18.4. The SMILES string of the molecule is COc1ccc(OC)c(C(=O)Nc2ccc(NC(=O)C(C)C)cc2)c1. The van der Waals surface area contributed by atoms with Crippen molar-refractivity contribution in [2.24, 2.45) is 5.92 Å². The van der Waals surface area contributed by atoms with Crippen molar-refractivity contribution in [2.75, 3.05) is 24.9 Å². The molecule has 0 spiro atoms. The number of amides is 2. The van der Waals surface area contributed by atoms with Crippen molar-refractivity contribution in [3.63, 3.8) is 0 Å². The molecule has 0 aliphatic rings. The van der Waals surface area contributed by atoms with Gasteiger partial charge in [0.2, 0.25) is 5.91 Å². The Hall–Kier alpha value is -3.02. The quantitative estimate of drug-likeness (QED) is 0.842. The van der Waals surface area contributed by atoms with Crippen molar-refractivity contribution in [3.8, 4) is 11.5 Å². The average Bonchev–Trinajstić information content (AvgIpc) is 2.62. The van der Waals surface area contributed by atoms with Crippen molar-refractivity contribution < 1.29 is 19.1 Å². The highest BCUT2D eigenvalue weighted by molar-refractivity contribution is 6.06. The molecule has 2 amide bonds. The fraction of sp³-hybridized carbons (Fsp3) is 0.263. The van der Waals surface area contributed by atoms with Gasteiger partial charge in [0.15, 0.2) is 0 Å². The lowest BCUT2D eigenvalue weighted by molar-refractivity contribution is -0.118. The molecule has 0 aromatic heterocycles. The van der Waals surface area contributed by atoms with Gasteiger partial charge in [-0.05, 0) is 42.5 Å². The molecular weight excluding hydrogens is 320 g/mol. The number of anilines is 2. The van der Waals surface area contributed by atoms with E-state index in [-0.39, 0.29) is 17.7 Å². The van der Waals surface area contributed by atoms with Gasteiger partial charge in [-0.15, -0.1) is 0 Å². The summed E-state index contributed by atoms with van der Waals surface area (Å²) in [6.45, 7) is 3.65. The highest BCUT2D eigenvalue weighted by atomic mass is 16.5. The Labute approximate surface area is 147 Å². The Bertz CT molecular complexity index is 755. The summed E-state index contributed by atoms with van der Waals surface area (Å²) in [5.41, 5.74) is 1.66. The second-order valence-electron chi connectivity index (χ2n) is 5.74. The number of nitrogens with one attached hydrogen (secondary N) is 2. The van der Waals surface area contributed by atoms with Crippen LogP contribution in [-0.4, -0.2) is 26.0 Å². The number of rotatable bonds is 6. The summed E-state index contributed by atoms with van der Waals surface area (Å²) in [7, 11) is 3.04. The van der Waals surface area contributed by atoms with E-state index in [4.69, 9.17) is 9.47 Å². The average molecular weight is 342 g/mol. The van der Waals surface area contributed by atoms with Gasteiger partial charge in [0.05, 0.1) is 19.8 Å². The maximum Gasteiger partial charge on any atom is 0.259 e. The van der Waals surface area contributed by atoms with Gasteiger partial charge < -0.3 is 20.1 Å². The van der Waals surface area contributed by atoms with Gasteiger partial charge >= 0.3 is 0 Å². The molecule has 0 saturated heterocycles. The third kappa shape index (κ3) is 4.73. The number of carbonyl (C=O) groups is 2. The summed E-state index contributed by atoms with van der Waals surface area (Å²) in [4.78, 5) is 24.2. The molecule has 0 radical (unpaired) electrons. The van der Waals surface area contributed by atoms with Crippen molar-refractivity contribution in [1.29, 1.82) is 0 Å². The molecule has 0 aliphatic carbocycles. The van der Waals surface area contributed by atoms with Crippen molar-refractivity contribution in [3.05, 3.63) is 48.0 Å². The van der Waals surface area contributed by atoms with Crippen LogP contribution in [-0.2, 0) is 4.79 Å². The monoisotopic (exact) mass is 342 g/mol. The molecule has 6 nitrogen and oxygen atoms in total. The van der Waals surface area contributed by atoms with Gasteiger partial charge in [-0.1, -0.05) is 13.8 Å². The van der Waals surface area contributed by atoms with E-state index in [1.807, 2.05) is 13.8 Å². The van der Waals surface area contributed by atoms with E-state index in [0.29, 0.717) is 28.4 Å². The van der Waals surface area contributed by atoms with Gasteiger partial charge in [-0.25, -0.2) is 0 Å². The molecule has 2 aromatic rings. The molecule has 25 heavy (non-hydrogen) atoms. The molecule has 6 heteroatoms. The Morgan fingerprint density at radius 2 is 1.48 bits per heavy atom. The fourth-order valence-corrected chi connectivity index (χ4v) is 2.11. The molecule has 0 saturated carbocycles. The molecule has 0 atom stereocenters. The third-order valence-corrected chi connectivity index (χ3v) is 3.59. The minimum absolute atomic E-state index is 0.0575. The van der Waals surface area contributed by atoms with Crippen LogP contribution in [0.4, 0.5) is 11.4 Å². The Balaban J connectivity index is 2.12. The smallest absolute Gasteiger partial charge is 0.259 e. The molecule has 0 heterocycles. The normalized spacial score (nSPS) is 10.3. The highest BCUT2D eigenvalue weighted by Crippen LogP contribution is 2.25. The molecule has 0 unspecified atom stereocenters. The number of methoxy groups -OCH3 is 2. The first-order valence-corrected chi connectivity index (χ1v) is 7.89. The van der Waals surface area contributed by atoms with Gasteiger partial charge in [0.25, 0.3) is 5.91 Å². The van der Waals surface area contributed by atoms with E-state index in [1.54, 1.807) is 42.5 Å². The predicted molar refractivity (Wildman–Crippen MR) is 97.4 cm³/mol. The van der Waals surface area contributed by atoms with E-state index in [9.17, 15) is 9.59 Å². The summed E-state index contributed by atoms with van der Waals surface area (Å²) in [5, 5.41) is 5.60. The van der Waals surface area contributed by atoms with Crippen LogP contribution in [0.15, 0.2) is 42.5 Å². The first-order chi connectivity index (χ1) is 11.9. The Morgan fingerprint density at radius 1 is 0.880 bits per heavy atom. The number of benzene rings is 2. The van der Waals surface area contributed by atoms with Crippen LogP contribution in [0.1, 0.15) is 24.2 Å². The summed E-state index contributed by atoms with van der Waals surface area (Å²) >= 11 is 0. The van der Waals surface area contributed by atoms with E-state index in [0.717, 1.165) is 0 Å². The van der Waals surface area contributed by atoms with E-state index >= 15 is 0 Å². The largest absolute Gasteiger partial charge is 0.497 e. The molecule has 2 aromatic carbocycles. The summed E-state index contributed by atoms with van der Waals surface area (Å²) in [5.74, 6) is 0.560. The second-order valence-corrected chi connectivity index (χ2v) is 5.74. The standard InChI is InChI=1S/C19H22N2O4/c1-12(2)18(22)20-13-5-7-14(8-6-13)21-19(23)16-11-15(24-3)9-10-17(16)25-4/h5-12H,1-4H3,(H,20,22)(H,21,23). The second kappa shape index (κ2) is 8.19. The van der Waals surface area contributed by atoms with E-state index < -0.39 is 0 Å². The molecule has 2 N–H and O–H groups in total. The zero-order valence-electron chi connectivity index (χ0n) is 14.8. The van der Waals surface area contributed by atoms with Crippen molar-refractivity contribution in [2.45, 2.75) is 13.8 Å². The molecule has 0 fully saturated rings. The van der Waals surface area contributed by atoms with Crippen LogP contribution in [0.25, 0.3) is 0 Å². The van der Waals surface area contributed by atoms with Gasteiger partial charge in [-0.3, -0.25) is 9.59 Å². The first-order valence-electron chi connectivity index (χ1n) is 7.89. The first kappa shape index (κ1) is 18.3. The van der Waals surface area contributed by atoms with Gasteiger partial charge in [0, 0.05) is 17.3 Å². The molecule has 2 rings (SSSR count). The Kier molecular flexibility index (Phi) is 6.00. The fourth-order valence-electron chi connectivity index (χ4n) is 2.11. The topological polar surface area (TPSA) is 76.7 Å². The van der Waals surface area contributed by atoms with Crippen LogP contribution < -0.4 is 20.1 Å². The lowest BCUT2D eigenvalue weighted by Gasteiger charge is -2.12. The van der Waals surface area contributed by atoms with Crippen LogP contribution in [0.2, 0.25) is 0 Å². The summed E-state index contributed by atoms with van der Waals surface area (Å²) < 4.78 is 10.4. The lowest BCUT2D eigenvalue weighted by Crippen LogP contribution is -2.17. The third-order valence-electron chi connectivity index (χ3n) is 3.59. The minimum atomic E-state index is -0.310. The number of carbonyl (C=O) groups excluding carboxylic acids is 2. The minimum Gasteiger partial charge on any atom is -0.497 e. The van der Waals surface area contributed by atoms with Crippen LogP contribution in [0, 0.1) is 5.92 Å². The molecule has 0 aliphatic heterocycles. The summed E-state index contributed by atoms with van der Waals surface area (Å²) in [6.07, 6.45) is 0. The van der Waals surface area contributed by atoms with Gasteiger partial charge in [-0.2, -0.15) is 0 Å². The zero-order valence-corrected chi connectivity index (χ0v) is 14.8. The van der Waals surface area contributed by atoms with E-state index in [1.165, 1.54) is 14.2 Å². The maximum absolute atomic E-state index is 12.5. The Morgan fingerprint density at radius 3 is 2.00 bits per heavy atom. The molecule has 132 valence electrons. The summed E-state index contributed by atoms with van der Waals surface area (Å²) in [6, 6.07) is 11.9. The van der Waals surface area contributed by atoms with E-state index in [2.05, 4.69) is 10.6 Å². The number of hydrogen-bond acceptors (Lipinski definition) is 4. The van der Waals surface area contributed by atoms with Crippen molar-refractivity contribution in [1.82, 2.24) is 0 Å².